The lowest BCUT2D eigenvalue weighted by Crippen LogP contribution is -2.36. The van der Waals surface area contributed by atoms with Gasteiger partial charge in [0.2, 0.25) is 5.96 Å². The number of nitrogen functional groups attached to an aromatic ring is 1. The molecule has 0 aliphatic carbocycles. The minimum Gasteiger partial charge on any atom is -0.432 e. The third kappa shape index (κ3) is 7.68. The number of benzene rings is 1. The van der Waals surface area contributed by atoms with Crippen LogP contribution in [0.5, 0.6) is 0 Å². The zero-order valence-electron chi connectivity index (χ0n) is 15.1. The maximum Gasteiger partial charge on any atom is 0.510 e. The predicted octanol–water partition coefficient (Wildman–Crippen LogP) is 1.99. The molecule has 1 aromatic rings. The van der Waals surface area contributed by atoms with Gasteiger partial charge >= 0.3 is 6.16 Å². The van der Waals surface area contributed by atoms with E-state index < -0.39 is 11.2 Å². The Morgan fingerprint density at radius 2 is 1.93 bits per heavy atom. The van der Waals surface area contributed by atoms with Crippen LogP contribution in [0, 0.1) is 10.1 Å². The molecule has 12 nitrogen and oxygen atoms in total. The zero-order chi connectivity index (χ0) is 21.2. The molecule has 0 bridgehead atoms. The Kier molecular flexibility index (Phi) is 8.83. The molecule has 1 aliphatic heterocycles. The fourth-order valence-electron chi connectivity index (χ4n) is 2.18. The maximum absolute atomic E-state index is 11.6. The van der Waals surface area contributed by atoms with E-state index in [1.54, 1.807) is 17.0 Å². The highest BCUT2D eigenvalue weighted by molar-refractivity contribution is 6.40. The molecule has 0 saturated heterocycles. The summed E-state index contributed by atoms with van der Waals surface area (Å²) in [7, 11) is 0. The van der Waals surface area contributed by atoms with Gasteiger partial charge < -0.3 is 35.0 Å². The van der Waals surface area contributed by atoms with Crippen LogP contribution in [0.2, 0.25) is 10.0 Å². The van der Waals surface area contributed by atoms with Crippen LogP contribution in [0.1, 0.15) is 0 Å². The van der Waals surface area contributed by atoms with E-state index in [1.165, 1.54) is 0 Å². The van der Waals surface area contributed by atoms with Crippen LogP contribution < -0.4 is 11.1 Å². The van der Waals surface area contributed by atoms with Crippen LogP contribution in [-0.4, -0.2) is 68.3 Å². The van der Waals surface area contributed by atoms with E-state index in [9.17, 15) is 14.9 Å². The average Bonchev–Trinajstić information content (AvgIpc) is 3.09. The number of nitrogens with two attached hydrogens (primary N) is 1. The van der Waals surface area contributed by atoms with E-state index in [-0.39, 0.29) is 33.2 Å². The number of aliphatic imine (C=N–C) groups is 1. The zero-order valence-corrected chi connectivity index (χ0v) is 16.6. The summed E-state index contributed by atoms with van der Waals surface area (Å²) in [4.78, 5) is 31.6. The first-order chi connectivity index (χ1) is 13.9. The lowest BCUT2D eigenvalue weighted by Gasteiger charge is -2.21. The van der Waals surface area contributed by atoms with Gasteiger partial charge in [-0.25, -0.2) is 4.79 Å². The Hall–Kier alpha value is -2.70. The van der Waals surface area contributed by atoms with Crippen LogP contribution in [0.4, 0.5) is 16.2 Å². The lowest BCUT2D eigenvalue weighted by molar-refractivity contribution is -0.758. The van der Waals surface area contributed by atoms with E-state index in [0.29, 0.717) is 40.5 Å². The maximum atomic E-state index is 11.6. The molecule has 0 saturated carbocycles. The molecule has 0 aromatic heterocycles. The largest absolute Gasteiger partial charge is 0.510 e. The molecule has 0 amide bonds. The van der Waals surface area contributed by atoms with Gasteiger partial charge in [-0.2, -0.15) is 0 Å². The van der Waals surface area contributed by atoms with Crippen molar-refractivity contribution in [1.82, 2.24) is 4.90 Å². The normalized spacial score (nSPS) is 13.0. The van der Waals surface area contributed by atoms with Crippen LogP contribution in [0.15, 0.2) is 17.1 Å². The molecule has 0 fully saturated rings. The summed E-state index contributed by atoms with van der Waals surface area (Å²) in [5, 5.41) is 12.7. The number of hydrogen-bond acceptors (Lipinski definition) is 11. The van der Waals surface area contributed by atoms with Crippen LogP contribution >= 0.6 is 23.2 Å². The molecule has 3 N–H and O–H groups in total. The Labute approximate surface area is 175 Å². The molecule has 1 aliphatic rings. The Morgan fingerprint density at radius 1 is 1.24 bits per heavy atom. The summed E-state index contributed by atoms with van der Waals surface area (Å²) in [6, 6.07) is 3.10. The summed E-state index contributed by atoms with van der Waals surface area (Å²) >= 11 is 12.3. The van der Waals surface area contributed by atoms with Crippen molar-refractivity contribution >= 4 is 46.7 Å². The van der Waals surface area contributed by atoms with Gasteiger partial charge in [-0.3, -0.25) is 4.99 Å². The van der Waals surface area contributed by atoms with Gasteiger partial charge in [0.1, 0.15) is 13.2 Å². The van der Waals surface area contributed by atoms with Crippen molar-refractivity contribution in [1.29, 1.82) is 0 Å². The highest BCUT2D eigenvalue weighted by atomic mass is 35.5. The van der Waals surface area contributed by atoms with Gasteiger partial charge in [0.15, 0.2) is 6.73 Å². The fraction of sp³-hybridized carbons (Fsp3) is 0.467. The number of rotatable bonds is 10. The summed E-state index contributed by atoms with van der Waals surface area (Å²) < 4.78 is 14.8. The molecule has 29 heavy (non-hydrogen) atoms. The van der Waals surface area contributed by atoms with Crippen molar-refractivity contribution in [3.63, 3.8) is 0 Å². The molecule has 0 radical (unpaired) electrons. The highest BCUT2D eigenvalue weighted by Gasteiger charge is 2.21. The second-order valence-corrected chi connectivity index (χ2v) is 6.31. The molecule has 2 rings (SSSR count). The minimum absolute atomic E-state index is 0.00505. The number of nitrogens with one attached hydrogen (secondary N) is 1. The minimum atomic E-state index is -0.919. The van der Waals surface area contributed by atoms with Crippen molar-refractivity contribution < 1.29 is 28.9 Å². The number of guanidine groups is 1. The monoisotopic (exact) mass is 451 g/mol. The molecule has 0 unspecified atom stereocenters. The van der Waals surface area contributed by atoms with Gasteiger partial charge in [-0.05, 0) is 12.1 Å². The van der Waals surface area contributed by atoms with Gasteiger partial charge in [0.25, 0.3) is 5.09 Å². The molecule has 0 spiro atoms. The van der Waals surface area contributed by atoms with Crippen LogP contribution in [0.3, 0.4) is 0 Å². The Bertz CT molecular complexity index is 742. The fourth-order valence-corrected chi connectivity index (χ4v) is 2.78. The summed E-state index contributed by atoms with van der Waals surface area (Å²) in [5.74, 6) is 0.431. The number of carbonyl (C=O) groups is 1. The summed E-state index contributed by atoms with van der Waals surface area (Å²) in [5.41, 5.74) is 6.55. The van der Waals surface area contributed by atoms with Crippen LogP contribution in [-0.2, 0) is 19.0 Å². The first-order valence-electron chi connectivity index (χ1n) is 8.32. The van der Waals surface area contributed by atoms with Gasteiger partial charge in [-0.1, -0.05) is 23.2 Å². The third-order valence-electron chi connectivity index (χ3n) is 3.44. The molecule has 160 valence electrons. The van der Waals surface area contributed by atoms with Gasteiger partial charge in [0.05, 0.1) is 35.5 Å². The average molecular weight is 452 g/mol. The standard InChI is InChI=1S/C15H19Cl2N5O7/c16-11-7-10(18)8-12(17)13(11)20-14-19-1-2-21(14)9-28-15(23)27-5-3-26-4-6-29-22(24)25/h7-8H,1-6,9,18H2,(H,19,20). The van der Waals surface area contributed by atoms with Gasteiger partial charge in [-0.15, -0.1) is 10.1 Å². The molecular weight excluding hydrogens is 433 g/mol. The molecule has 0 atom stereocenters. The van der Waals surface area contributed by atoms with Crippen molar-refractivity contribution in [3.8, 4) is 0 Å². The summed E-state index contributed by atoms with van der Waals surface area (Å²) in [6.45, 7) is 0.657. The van der Waals surface area contributed by atoms with E-state index in [4.69, 9.17) is 43.1 Å². The van der Waals surface area contributed by atoms with E-state index in [0.717, 1.165) is 0 Å². The number of ether oxygens (including phenoxy) is 3. The second-order valence-electron chi connectivity index (χ2n) is 5.49. The van der Waals surface area contributed by atoms with Gasteiger partial charge in [0, 0.05) is 12.2 Å². The lowest BCUT2D eigenvalue weighted by atomic mass is 10.3. The van der Waals surface area contributed by atoms with Crippen molar-refractivity contribution in [2.75, 3.05) is 57.3 Å². The molecule has 14 heteroatoms. The van der Waals surface area contributed by atoms with E-state index in [2.05, 4.69) is 15.1 Å². The Morgan fingerprint density at radius 3 is 2.62 bits per heavy atom. The molecular formula is C15H19Cl2N5O7. The van der Waals surface area contributed by atoms with Crippen molar-refractivity contribution in [2.24, 2.45) is 4.99 Å². The highest BCUT2D eigenvalue weighted by Crippen LogP contribution is 2.33. The first-order valence-corrected chi connectivity index (χ1v) is 9.08. The number of carbonyl (C=O) groups excluding carboxylic acids is 1. The number of anilines is 2. The van der Waals surface area contributed by atoms with Crippen LogP contribution in [0.25, 0.3) is 0 Å². The van der Waals surface area contributed by atoms with E-state index >= 15 is 0 Å². The third-order valence-corrected chi connectivity index (χ3v) is 4.04. The quantitative estimate of drug-likeness (QED) is 0.177. The predicted molar refractivity (Wildman–Crippen MR) is 105 cm³/mol. The molecule has 1 heterocycles. The smallest absolute Gasteiger partial charge is 0.432 e. The topological polar surface area (TPSA) is 151 Å². The summed E-state index contributed by atoms with van der Waals surface area (Å²) in [6.07, 6.45) is -0.898. The molecule has 1 aromatic carbocycles. The number of hydrogen-bond donors (Lipinski definition) is 2. The Balaban J connectivity index is 1.69. The van der Waals surface area contributed by atoms with Crippen molar-refractivity contribution in [3.05, 3.63) is 32.3 Å². The van der Waals surface area contributed by atoms with Crippen molar-refractivity contribution in [2.45, 2.75) is 0 Å². The second kappa shape index (κ2) is 11.3. The number of halogens is 2. The first kappa shape index (κ1) is 22.6. The van der Waals surface area contributed by atoms with E-state index in [1.807, 2.05) is 0 Å². The SMILES string of the molecule is Nc1cc(Cl)c(NC2=NCCN2COC(=O)OCCOCCO[N+](=O)[O-])c(Cl)c1. The number of nitrogens with zero attached hydrogens (tertiary/aromatic N) is 3.